The molecule has 6 nitrogen and oxygen atoms in total. The van der Waals surface area contributed by atoms with E-state index in [1.807, 2.05) is 43.3 Å². The van der Waals surface area contributed by atoms with Crippen LogP contribution in [0.1, 0.15) is 29.8 Å². The molecule has 3 heterocycles. The highest BCUT2D eigenvalue weighted by Gasteiger charge is 2.34. The van der Waals surface area contributed by atoms with Crippen molar-refractivity contribution in [2.75, 3.05) is 20.3 Å². The number of allylic oxidation sites excluding steroid dienone is 2. The van der Waals surface area contributed by atoms with Crippen LogP contribution in [-0.2, 0) is 0 Å². The summed E-state index contributed by atoms with van der Waals surface area (Å²) in [6.07, 6.45) is 5.79. The van der Waals surface area contributed by atoms with Gasteiger partial charge in [-0.1, -0.05) is 12.1 Å². The molecule has 0 bridgehead atoms. The minimum absolute atomic E-state index is 0.217. The van der Waals surface area contributed by atoms with Crippen molar-refractivity contribution in [2.24, 2.45) is 0 Å². The van der Waals surface area contributed by atoms with Crippen LogP contribution in [0.5, 0.6) is 11.5 Å². The van der Waals surface area contributed by atoms with E-state index in [2.05, 4.69) is 20.3 Å². The first-order chi connectivity index (χ1) is 16.1. The molecule has 7 heteroatoms. The van der Waals surface area contributed by atoms with E-state index in [9.17, 15) is 0 Å². The number of aromatic nitrogens is 3. The van der Waals surface area contributed by atoms with E-state index in [0.29, 0.717) is 35.1 Å². The van der Waals surface area contributed by atoms with Crippen molar-refractivity contribution < 1.29 is 13.9 Å². The lowest BCUT2D eigenvalue weighted by Gasteiger charge is -2.15. The van der Waals surface area contributed by atoms with Gasteiger partial charge in [0.25, 0.3) is 0 Å². The summed E-state index contributed by atoms with van der Waals surface area (Å²) in [6.45, 7) is 3.55. The Kier molecular flexibility index (Phi) is 4.80. The molecular formula is C26H24FN4O2. The minimum atomic E-state index is -0.217. The Morgan fingerprint density at radius 2 is 2.03 bits per heavy atom. The van der Waals surface area contributed by atoms with Gasteiger partial charge in [0, 0.05) is 39.7 Å². The van der Waals surface area contributed by atoms with Gasteiger partial charge in [-0.05, 0) is 50.1 Å². The van der Waals surface area contributed by atoms with Gasteiger partial charge in [0.2, 0.25) is 0 Å². The Labute approximate surface area is 190 Å². The lowest BCUT2D eigenvalue weighted by atomic mass is 10.0. The lowest BCUT2D eigenvalue weighted by molar-refractivity contribution is 0.263. The Morgan fingerprint density at radius 1 is 1.12 bits per heavy atom. The summed E-state index contributed by atoms with van der Waals surface area (Å²) >= 11 is 0. The fourth-order valence-corrected chi connectivity index (χ4v) is 4.68. The smallest absolute Gasteiger partial charge is 0.163 e. The average molecular weight is 444 g/mol. The second-order valence-corrected chi connectivity index (χ2v) is 8.66. The largest absolute Gasteiger partial charge is 0.493 e. The molecule has 1 atom stereocenters. The van der Waals surface area contributed by atoms with Gasteiger partial charge in [0.1, 0.15) is 18.8 Å². The number of nitrogens with zero attached hydrogens (tertiary/aromatic N) is 2. The van der Waals surface area contributed by atoms with Gasteiger partial charge in [-0.15, -0.1) is 0 Å². The van der Waals surface area contributed by atoms with Crippen LogP contribution in [0.25, 0.3) is 27.4 Å². The van der Waals surface area contributed by atoms with Crippen molar-refractivity contribution in [1.29, 1.82) is 0 Å². The molecule has 1 aliphatic carbocycles. The molecule has 1 fully saturated rings. The molecule has 2 aromatic carbocycles. The monoisotopic (exact) mass is 443 g/mol. The highest BCUT2D eigenvalue weighted by atomic mass is 19.1. The molecule has 1 aliphatic heterocycles. The van der Waals surface area contributed by atoms with E-state index < -0.39 is 0 Å². The molecule has 0 spiro atoms. The molecule has 1 saturated heterocycles. The summed E-state index contributed by atoms with van der Waals surface area (Å²) in [4.78, 5) is 12.2. The number of halogens is 1. The average Bonchev–Trinajstić information content (AvgIpc) is 3.23. The molecule has 6 rings (SSSR count). The fraction of sp³-hybridized carbons (Fsp3) is 0.269. The van der Waals surface area contributed by atoms with Crippen LogP contribution in [0.4, 0.5) is 4.39 Å². The van der Waals surface area contributed by atoms with Gasteiger partial charge in [-0.2, -0.15) is 0 Å². The first-order valence-corrected chi connectivity index (χ1v) is 11.2. The zero-order valence-corrected chi connectivity index (χ0v) is 18.5. The van der Waals surface area contributed by atoms with Crippen molar-refractivity contribution in [3.8, 4) is 11.5 Å². The third kappa shape index (κ3) is 3.53. The molecule has 0 amide bonds. The molecule has 4 aromatic rings. The molecule has 2 N–H and O–H groups in total. The van der Waals surface area contributed by atoms with E-state index in [4.69, 9.17) is 9.47 Å². The van der Waals surface area contributed by atoms with Gasteiger partial charge in [-0.3, -0.25) is 0 Å². The van der Waals surface area contributed by atoms with Gasteiger partial charge >= 0.3 is 0 Å². The zero-order chi connectivity index (χ0) is 22.5. The molecular weight excluding hydrogens is 419 g/mol. The third-order valence-corrected chi connectivity index (χ3v) is 6.44. The Bertz CT molecular complexity index is 1400. The van der Waals surface area contributed by atoms with Crippen LogP contribution in [-0.4, -0.2) is 41.3 Å². The molecule has 0 saturated carbocycles. The maximum atomic E-state index is 15.2. The molecule has 33 heavy (non-hydrogen) atoms. The number of rotatable bonds is 6. The summed E-state index contributed by atoms with van der Waals surface area (Å²) in [5, 5.41) is 4.89. The molecule has 2 aliphatic rings. The molecule has 2 aromatic heterocycles. The number of methoxy groups -OCH3 is 1. The highest BCUT2D eigenvalue weighted by Crippen LogP contribution is 2.48. The Morgan fingerprint density at radius 3 is 2.85 bits per heavy atom. The van der Waals surface area contributed by atoms with E-state index in [-0.39, 0.29) is 5.82 Å². The van der Waals surface area contributed by atoms with Crippen molar-refractivity contribution in [1.82, 2.24) is 20.3 Å². The van der Waals surface area contributed by atoms with Crippen LogP contribution < -0.4 is 14.8 Å². The number of hydrogen-bond acceptors (Lipinski definition) is 5. The van der Waals surface area contributed by atoms with E-state index in [1.54, 1.807) is 7.11 Å². The zero-order valence-electron chi connectivity index (χ0n) is 18.5. The van der Waals surface area contributed by atoms with Crippen LogP contribution in [0, 0.1) is 18.7 Å². The van der Waals surface area contributed by atoms with Crippen molar-refractivity contribution in [2.45, 2.75) is 25.8 Å². The Balaban J connectivity index is 1.32. The summed E-state index contributed by atoms with van der Waals surface area (Å²) in [6, 6.07) is 9.74. The Hall–Kier alpha value is -3.45. The predicted octanol–water partition coefficient (Wildman–Crippen LogP) is 4.72. The number of nitrogens with one attached hydrogen (secondary N) is 2. The molecule has 1 unspecified atom stereocenters. The summed E-state index contributed by atoms with van der Waals surface area (Å²) in [5.41, 5.74) is 4.76. The predicted molar refractivity (Wildman–Crippen MR) is 126 cm³/mol. The standard InChI is InChI=1S/C26H24FN4O2/c1-14-8-19-21(31-14)6-5-16(25(19)27)17-9-18(17)26-20-10-23(32-2)24(11-22(20)29-13-30-26)33-12-15-4-3-7-28-15/h5-6,8-11,13,15,28,31H,3-4,7,12H2,1-2H3. The SMILES string of the molecule is COc1cc2c(C3=C[C]3c3ccc4[nH]c(C)cc4c3F)ncnc2cc1OCC1CCCN1. The molecule has 1 radical (unpaired) electrons. The van der Waals surface area contributed by atoms with Crippen molar-refractivity contribution in [3.63, 3.8) is 0 Å². The van der Waals surface area contributed by atoms with Crippen LogP contribution in [0.3, 0.4) is 0 Å². The van der Waals surface area contributed by atoms with E-state index in [1.165, 1.54) is 12.7 Å². The normalized spacial score (nSPS) is 18.2. The summed E-state index contributed by atoms with van der Waals surface area (Å²) < 4.78 is 26.9. The minimum Gasteiger partial charge on any atom is -0.493 e. The summed E-state index contributed by atoms with van der Waals surface area (Å²) in [7, 11) is 1.63. The number of fused-ring (bicyclic) bond motifs is 2. The summed E-state index contributed by atoms with van der Waals surface area (Å²) in [5.74, 6) is 1.94. The number of benzene rings is 2. The molecule has 167 valence electrons. The van der Waals surface area contributed by atoms with Crippen LogP contribution in [0.2, 0.25) is 0 Å². The number of H-pyrrole nitrogens is 1. The van der Waals surface area contributed by atoms with Gasteiger partial charge < -0.3 is 19.8 Å². The van der Waals surface area contributed by atoms with Crippen molar-refractivity contribution in [3.05, 3.63) is 71.4 Å². The topological polar surface area (TPSA) is 72.1 Å². The third-order valence-electron chi connectivity index (χ3n) is 6.44. The lowest BCUT2D eigenvalue weighted by Crippen LogP contribution is -2.28. The van der Waals surface area contributed by atoms with Crippen LogP contribution >= 0.6 is 0 Å². The number of aryl methyl sites for hydroxylation is 1. The van der Waals surface area contributed by atoms with Gasteiger partial charge in [0.05, 0.1) is 24.2 Å². The number of ether oxygens (including phenoxy) is 2. The van der Waals surface area contributed by atoms with Gasteiger partial charge in [0.15, 0.2) is 11.5 Å². The highest BCUT2D eigenvalue weighted by molar-refractivity contribution is 6.05. The fourth-order valence-electron chi connectivity index (χ4n) is 4.68. The number of aromatic amines is 1. The first-order valence-electron chi connectivity index (χ1n) is 11.2. The van der Waals surface area contributed by atoms with Gasteiger partial charge in [-0.25, -0.2) is 14.4 Å². The van der Waals surface area contributed by atoms with Crippen molar-refractivity contribution >= 4 is 27.4 Å². The number of hydrogen-bond donors (Lipinski definition) is 2. The maximum absolute atomic E-state index is 15.2. The second-order valence-electron chi connectivity index (χ2n) is 8.66. The van der Waals surface area contributed by atoms with E-state index in [0.717, 1.165) is 52.3 Å². The second kappa shape index (κ2) is 7.85. The van der Waals surface area contributed by atoms with Crippen LogP contribution in [0.15, 0.2) is 42.7 Å². The quantitative estimate of drug-likeness (QED) is 0.451. The maximum Gasteiger partial charge on any atom is 0.163 e. The van der Waals surface area contributed by atoms with E-state index >= 15 is 4.39 Å². The first kappa shape index (κ1) is 20.2.